The number of carbonyl (C=O) groups is 1. The van der Waals surface area contributed by atoms with Gasteiger partial charge in [-0.25, -0.2) is 4.79 Å². The van der Waals surface area contributed by atoms with Gasteiger partial charge in [-0.15, -0.1) is 0 Å². The Balaban J connectivity index is 1.92. The van der Waals surface area contributed by atoms with Gasteiger partial charge in [0.15, 0.2) is 0 Å². The quantitative estimate of drug-likeness (QED) is 0.474. The fourth-order valence-corrected chi connectivity index (χ4v) is 6.17. The van der Waals surface area contributed by atoms with Crippen molar-refractivity contribution < 1.29 is 27.4 Å². The average molecular weight is 510 g/mol. The number of nitrogens with zero attached hydrogens (tertiary/aromatic N) is 3. The Bertz CT molecular complexity index is 995. The maximum atomic E-state index is 13.5. The molecule has 0 aromatic heterocycles. The van der Waals surface area contributed by atoms with Crippen molar-refractivity contribution in [2.24, 2.45) is 0 Å². The number of carbonyl (C=O) groups excluding carboxylic acids is 1. The fourth-order valence-electron chi connectivity index (χ4n) is 4.87. The van der Waals surface area contributed by atoms with Crippen LogP contribution in [0.15, 0.2) is 35.9 Å². The van der Waals surface area contributed by atoms with Crippen LogP contribution in [0.5, 0.6) is 5.75 Å². The summed E-state index contributed by atoms with van der Waals surface area (Å²) in [5.41, 5.74) is 2.18. The molecule has 1 unspecified atom stereocenters. The smallest absolute Gasteiger partial charge is 0.410 e. The van der Waals surface area contributed by atoms with E-state index in [2.05, 4.69) is 13.0 Å². The molecule has 2 aliphatic rings. The maximum absolute atomic E-state index is 13.5. The Morgan fingerprint density at radius 2 is 1.86 bits per heavy atom. The van der Waals surface area contributed by atoms with E-state index in [1.54, 1.807) is 12.0 Å². The lowest BCUT2D eigenvalue weighted by atomic mass is 9.98. The Kier molecular flexibility index (Phi) is 9.20. The Morgan fingerprint density at radius 3 is 2.40 bits per heavy atom. The second-order valence-corrected chi connectivity index (χ2v) is 11.7. The molecule has 1 heterocycles. The van der Waals surface area contributed by atoms with Gasteiger partial charge in [0.25, 0.3) is 10.2 Å². The summed E-state index contributed by atoms with van der Waals surface area (Å²) in [4.78, 5) is 14.4. The largest absolute Gasteiger partial charge is 0.497 e. The zero-order valence-corrected chi connectivity index (χ0v) is 22.5. The standard InChI is InChI=1S/C25H39N3O6S/c1-18-7-11-22(12-8-18)34-17-24-23(15-19(2)28(24)25(29)33-6)27(35(30,31)26(3)4)16-20-9-13-21(32-5)14-10-20/h7,9-10,13-14,19,22-24H,8,11-12,15-17H2,1-6H3/t19-,22?,23+,24+/m1/s1. The minimum absolute atomic E-state index is 0.0512. The van der Waals surface area contributed by atoms with Gasteiger partial charge < -0.3 is 14.2 Å². The molecule has 35 heavy (non-hydrogen) atoms. The molecule has 9 nitrogen and oxygen atoms in total. The second-order valence-electron chi connectivity index (χ2n) is 9.56. The summed E-state index contributed by atoms with van der Waals surface area (Å²) in [6.07, 6.45) is 4.97. The number of hydrogen-bond donors (Lipinski definition) is 0. The first-order valence-corrected chi connectivity index (χ1v) is 13.4. The molecule has 10 heteroatoms. The molecule has 1 fully saturated rings. The number of benzene rings is 1. The number of methoxy groups -OCH3 is 2. The highest BCUT2D eigenvalue weighted by molar-refractivity contribution is 7.86. The van der Waals surface area contributed by atoms with Gasteiger partial charge >= 0.3 is 6.09 Å². The normalized spacial score (nSPS) is 25.1. The molecule has 4 atom stereocenters. The van der Waals surface area contributed by atoms with Gasteiger partial charge in [0.1, 0.15) is 5.75 Å². The van der Waals surface area contributed by atoms with E-state index in [4.69, 9.17) is 14.2 Å². The zero-order chi connectivity index (χ0) is 25.8. The third-order valence-corrected chi connectivity index (χ3v) is 8.88. The molecule has 0 saturated carbocycles. The number of hydrogen-bond acceptors (Lipinski definition) is 6. The average Bonchev–Trinajstić information content (AvgIpc) is 3.17. The first-order chi connectivity index (χ1) is 16.6. The predicted octanol–water partition coefficient (Wildman–Crippen LogP) is 3.42. The SMILES string of the molecule is COC(=O)N1[C@H](C)C[C@H](N(Cc2ccc(OC)cc2)S(=O)(=O)N(C)C)[C@@H]1COC1CC=C(C)CC1. The van der Waals surface area contributed by atoms with Crippen LogP contribution in [0.2, 0.25) is 0 Å². The fraction of sp³-hybridized carbons (Fsp3) is 0.640. The molecular formula is C25H39N3O6S. The Hall–Kier alpha value is -2.14. The summed E-state index contributed by atoms with van der Waals surface area (Å²) in [6, 6.07) is 6.19. The van der Waals surface area contributed by atoms with Crippen molar-refractivity contribution in [2.75, 3.05) is 34.9 Å². The van der Waals surface area contributed by atoms with E-state index in [1.807, 2.05) is 31.2 Å². The van der Waals surface area contributed by atoms with Crippen molar-refractivity contribution in [1.82, 2.24) is 13.5 Å². The van der Waals surface area contributed by atoms with Crippen molar-refractivity contribution in [2.45, 2.75) is 70.3 Å². The highest BCUT2D eigenvalue weighted by atomic mass is 32.2. The van der Waals surface area contributed by atoms with Gasteiger partial charge in [-0.3, -0.25) is 4.90 Å². The van der Waals surface area contributed by atoms with Crippen LogP contribution in [0.3, 0.4) is 0 Å². The first kappa shape index (κ1) is 27.4. The molecule has 1 aromatic rings. The Labute approximate surface area is 209 Å². The molecule has 1 saturated heterocycles. The molecule has 0 bridgehead atoms. The van der Waals surface area contributed by atoms with Gasteiger partial charge in [-0.05, 0) is 57.2 Å². The molecule has 0 spiro atoms. The summed E-state index contributed by atoms with van der Waals surface area (Å²) in [6.45, 7) is 4.44. The third kappa shape index (κ3) is 6.35. The molecule has 1 amide bonds. The highest BCUT2D eigenvalue weighted by Crippen LogP contribution is 2.34. The van der Waals surface area contributed by atoms with Crippen molar-refractivity contribution in [3.63, 3.8) is 0 Å². The molecule has 0 radical (unpaired) electrons. The van der Waals surface area contributed by atoms with Gasteiger partial charge in [0, 0.05) is 26.7 Å². The third-order valence-electron chi connectivity index (χ3n) is 6.96. The van der Waals surface area contributed by atoms with Crippen LogP contribution in [0.1, 0.15) is 45.1 Å². The van der Waals surface area contributed by atoms with Crippen LogP contribution in [0.25, 0.3) is 0 Å². The van der Waals surface area contributed by atoms with Crippen LogP contribution < -0.4 is 4.74 Å². The lowest BCUT2D eigenvalue weighted by molar-refractivity contribution is -0.000902. The summed E-state index contributed by atoms with van der Waals surface area (Å²) in [7, 11) is 2.18. The predicted molar refractivity (Wildman–Crippen MR) is 134 cm³/mol. The highest BCUT2D eigenvalue weighted by Gasteiger charge is 2.48. The van der Waals surface area contributed by atoms with Crippen LogP contribution in [-0.4, -0.2) is 87.2 Å². The second kappa shape index (κ2) is 11.7. The lowest BCUT2D eigenvalue weighted by Crippen LogP contribution is -2.53. The topological polar surface area (TPSA) is 88.6 Å². The number of amides is 1. The van der Waals surface area contributed by atoms with Crippen molar-refractivity contribution in [3.05, 3.63) is 41.5 Å². The van der Waals surface area contributed by atoms with Crippen LogP contribution in [0, 0.1) is 0 Å². The van der Waals surface area contributed by atoms with E-state index in [0.29, 0.717) is 12.2 Å². The van der Waals surface area contributed by atoms with Crippen LogP contribution in [0.4, 0.5) is 4.79 Å². The molecular weight excluding hydrogens is 470 g/mol. The van der Waals surface area contributed by atoms with Gasteiger partial charge in [0.2, 0.25) is 0 Å². The summed E-state index contributed by atoms with van der Waals surface area (Å²) in [5.74, 6) is 0.699. The van der Waals surface area contributed by atoms with E-state index in [0.717, 1.165) is 24.8 Å². The molecule has 196 valence electrons. The van der Waals surface area contributed by atoms with Gasteiger partial charge in [0.05, 0.1) is 39.0 Å². The van der Waals surface area contributed by atoms with Crippen molar-refractivity contribution in [1.29, 1.82) is 0 Å². The van der Waals surface area contributed by atoms with E-state index >= 15 is 0 Å². The lowest BCUT2D eigenvalue weighted by Gasteiger charge is -2.36. The van der Waals surface area contributed by atoms with Gasteiger partial charge in [-0.2, -0.15) is 17.0 Å². The number of likely N-dealkylation sites (tertiary alicyclic amines) is 1. The van der Waals surface area contributed by atoms with Crippen molar-refractivity contribution in [3.8, 4) is 5.75 Å². The molecule has 1 aromatic carbocycles. The summed E-state index contributed by atoms with van der Waals surface area (Å²) < 4.78 is 46.4. The minimum Gasteiger partial charge on any atom is -0.497 e. The number of allylic oxidation sites excluding steroid dienone is 1. The Morgan fingerprint density at radius 1 is 1.17 bits per heavy atom. The van der Waals surface area contributed by atoms with Gasteiger partial charge in [-0.1, -0.05) is 23.8 Å². The molecule has 3 rings (SSSR count). The summed E-state index contributed by atoms with van der Waals surface area (Å²) >= 11 is 0. The summed E-state index contributed by atoms with van der Waals surface area (Å²) in [5, 5.41) is 0. The van der Waals surface area contributed by atoms with E-state index < -0.39 is 28.4 Å². The molecule has 1 aliphatic carbocycles. The van der Waals surface area contributed by atoms with Crippen LogP contribution in [-0.2, 0) is 26.2 Å². The van der Waals surface area contributed by atoms with E-state index in [1.165, 1.54) is 35.4 Å². The maximum Gasteiger partial charge on any atom is 0.410 e. The zero-order valence-electron chi connectivity index (χ0n) is 21.6. The minimum atomic E-state index is -3.81. The monoisotopic (exact) mass is 509 g/mol. The van der Waals surface area contributed by atoms with Crippen molar-refractivity contribution >= 4 is 16.3 Å². The van der Waals surface area contributed by atoms with Crippen LogP contribution >= 0.6 is 0 Å². The molecule has 1 aliphatic heterocycles. The number of rotatable bonds is 9. The molecule has 0 N–H and O–H groups in total. The number of ether oxygens (including phenoxy) is 3. The van der Waals surface area contributed by atoms with E-state index in [-0.39, 0.29) is 25.3 Å². The van der Waals surface area contributed by atoms with E-state index in [9.17, 15) is 13.2 Å². The first-order valence-electron chi connectivity index (χ1n) is 12.0.